The molecule has 2 rings (SSSR count). The van der Waals surface area contributed by atoms with Crippen molar-refractivity contribution in [2.75, 3.05) is 13.2 Å². The molecular weight excluding hydrogens is 200 g/mol. The van der Waals surface area contributed by atoms with Gasteiger partial charge >= 0.3 is 0 Å². The molecule has 5 heteroatoms. The van der Waals surface area contributed by atoms with Crippen LogP contribution in [0.5, 0.6) is 0 Å². The summed E-state index contributed by atoms with van der Waals surface area (Å²) < 4.78 is 5.10. The van der Waals surface area contributed by atoms with E-state index < -0.39 is 0 Å². The highest BCUT2D eigenvalue weighted by molar-refractivity contribution is 7.10. The summed E-state index contributed by atoms with van der Waals surface area (Å²) in [5.41, 5.74) is 0.944. The van der Waals surface area contributed by atoms with Crippen LogP contribution < -0.4 is 5.32 Å². The lowest BCUT2D eigenvalue weighted by Gasteiger charge is -2.22. The van der Waals surface area contributed by atoms with Crippen LogP contribution in [-0.2, 0) is 9.53 Å². The molecular formula is C9H8N2O2S. The summed E-state index contributed by atoms with van der Waals surface area (Å²) in [6.07, 6.45) is 0. The fourth-order valence-corrected chi connectivity index (χ4v) is 2.07. The summed E-state index contributed by atoms with van der Waals surface area (Å²) in [5.74, 6) is -0.106. The van der Waals surface area contributed by atoms with Gasteiger partial charge in [-0.05, 0) is 17.0 Å². The second kappa shape index (κ2) is 3.78. The Bertz CT molecular complexity index is 394. The van der Waals surface area contributed by atoms with Gasteiger partial charge in [-0.15, -0.1) is 11.3 Å². The minimum absolute atomic E-state index is 0.102. The number of thiophene rings is 1. The van der Waals surface area contributed by atoms with Crippen LogP contribution in [0.2, 0.25) is 0 Å². The number of nitriles is 1. The molecule has 0 radical (unpaired) electrons. The Labute approximate surface area is 85.1 Å². The topological polar surface area (TPSA) is 62.1 Å². The lowest BCUT2D eigenvalue weighted by atomic mass is 10.1. The minimum atomic E-state index is -0.106. The molecule has 1 aliphatic heterocycles. The smallest absolute Gasteiger partial charge is 0.246 e. The van der Waals surface area contributed by atoms with Gasteiger partial charge in [0.15, 0.2) is 0 Å². The molecule has 1 aromatic rings. The third kappa shape index (κ3) is 1.76. The van der Waals surface area contributed by atoms with Crippen molar-refractivity contribution in [2.45, 2.75) is 6.04 Å². The average molecular weight is 208 g/mol. The Balaban J connectivity index is 2.14. The van der Waals surface area contributed by atoms with Crippen LogP contribution in [0.4, 0.5) is 0 Å². The van der Waals surface area contributed by atoms with Gasteiger partial charge in [-0.3, -0.25) is 4.79 Å². The fraction of sp³-hybridized carbons (Fsp3) is 0.333. The molecule has 14 heavy (non-hydrogen) atoms. The summed E-state index contributed by atoms with van der Waals surface area (Å²) in [5, 5.41) is 13.3. The van der Waals surface area contributed by atoms with E-state index in [9.17, 15) is 4.79 Å². The van der Waals surface area contributed by atoms with Gasteiger partial charge in [-0.25, -0.2) is 0 Å². The minimum Gasteiger partial charge on any atom is -0.369 e. The average Bonchev–Trinajstić information content (AvgIpc) is 2.66. The second-order valence-electron chi connectivity index (χ2n) is 2.99. The molecule has 0 spiro atoms. The molecule has 1 atom stereocenters. The lowest BCUT2D eigenvalue weighted by molar-refractivity contribution is -0.131. The van der Waals surface area contributed by atoms with Crippen molar-refractivity contribution in [1.82, 2.24) is 5.32 Å². The Morgan fingerprint density at radius 1 is 1.71 bits per heavy atom. The Morgan fingerprint density at radius 3 is 3.21 bits per heavy atom. The third-order valence-corrected chi connectivity index (χ3v) is 2.84. The summed E-state index contributed by atoms with van der Waals surface area (Å²) in [6, 6.07) is 3.74. The monoisotopic (exact) mass is 208 g/mol. The number of carbonyl (C=O) groups excluding carboxylic acids is 1. The molecule has 72 valence electrons. The van der Waals surface area contributed by atoms with Crippen LogP contribution in [0.3, 0.4) is 0 Å². The van der Waals surface area contributed by atoms with Crippen molar-refractivity contribution in [3.05, 3.63) is 21.9 Å². The van der Waals surface area contributed by atoms with E-state index in [2.05, 4.69) is 11.4 Å². The van der Waals surface area contributed by atoms with E-state index in [1.807, 2.05) is 5.38 Å². The normalized spacial score (nSPS) is 21.4. The van der Waals surface area contributed by atoms with E-state index in [4.69, 9.17) is 10.00 Å². The number of carbonyl (C=O) groups is 1. The second-order valence-corrected chi connectivity index (χ2v) is 3.90. The quantitative estimate of drug-likeness (QED) is 0.742. The predicted molar refractivity (Wildman–Crippen MR) is 50.7 cm³/mol. The number of ether oxygens (including phenoxy) is 1. The first kappa shape index (κ1) is 9.19. The van der Waals surface area contributed by atoms with Gasteiger partial charge in [-0.1, -0.05) is 0 Å². The molecule has 2 heterocycles. The van der Waals surface area contributed by atoms with Crippen LogP contribution in [0.15, 0.2) is 11.4 Å². The van der Waals surface area contributed by atoms with Crippen LogP contribution in [0.25, 0.3) is 0 Å². The maximum Gasteiger partial charge on any atom is 0.246 e. The van der Waals surface area contributed by atoms with Crippen LogP contribution in [-0.4, -0.2) is 19.1 Å². The van der Waals surface area contributed by atoms with Gasteiger partial charge in [0.1, 0.15) is 17.6 Å². The highest BCUT2D eigenvalue weighted by atomic mass is 32.1. The van der Waals surface area contributed by atoms with E-state index >= 15 is 0 Å². The molecule has 0 saturated carbocycles. The highest BCUT2D eigenvalue weighted by Crippen LogP contribution is 2.22. The van der Waals surface area contributed by atoms with Gasteiger partial charge < -0.3 is 10.1 Å². The van der Waals surface area contributed by atoms with Crippen molar-refractivity contribution >= 4 is 17.2 Å². The number of nitrogens with one attached hydrogen (secondary N) is 1. The SMILES string of the molecule is N#Cc1cc(C2COCC(=O)N2)cs1. The third-order valence-electron chi connectivity index (χ3n) is 1.99. The number of hydrogen-bond donors (Lipinski definition) is 1. The first-order chi connectivity index (χ1) is 6.79. The summed E-state index contributed by atoms with van der Waals surface area (Å²) in [4.78, 5) is 11.7. The van der Waals surface area contributed by atoms with Crippen molar-refractivity contribution in [3.8, 4) is 6.07 Å². The maximum absolute atomic E-state index is 11.0. The number of hydrogen-bond acceptors (Lipinski definition) is 4. The first-order valence-corrected chi connectivity index (χ1v) is 5.03. The van der Waals surface area contributed by atoms with Gasteiger partial charge in [0.05, 0.1) is 12.6 Å². The molecule has 4 nitrogen and oxygen atoms in total. The molecule has 0 aromatic carbocycles. The van der Waals surface area contributed by atoms with E-state index in [0.717, 1.165) is 5.56 Å². The van der Waals surface area contributed by atoms with Crippen LogP contribution in [0, 0.1) is 11.3 Å². The summed E-state index contributed by atoms with van der Waals surface area (Å²) in [7, 11) is 0. The summed E-state index contributed by atoms with van der Waals surface area (Å²) >= 11 is 1.38. The highest BCUT2D eigenvalue weighted by Gasteiger charge is 2.21. The Hall–Kier alpha value is -1.38. The van der Waals surface area contributed by atoms with Crippen molar-refractivity contribution in [2.24, 2.45) is 0 Å². The summed E-state index contributed by atoms with van der Waals surface area (Å²) in [6.45, 7) is 0.610. The molecule has 1 fully saturated rings. The fourth-order valence-electron chi connectivity index (χ4n) is 1.32. The van der Waals surface area contributed by atoms with Crippen LogP contribution >= 0.6 is 11.3 Å². The molecule has 0 bridgehead atoms. The maximum atomic E-state index is 11.0. The molecule has 0 aliphatic carbocycles. The standard InChI is InChI=1S/C9H8N2O2S/c10-2-7-1-6(5-14-7)8-3-13-4-9(12)11-8/h1,5,8H,3-4H2,(H,11,12). The van der Waals surface area contributed by atoms with Crippen molar-refractivity contribution in [1.29, 1.82) is 5.26 Å². The lowest BCUT2D eigenvalue weighted by Crippen LogP contribution is -2.39. The van der Waals surface area contributed by atoms with Crippen molar-refractivity contribution < 1.29 is 9.53 Å². The number of nitrogens with zero attached hydrogens (tertiary/aromatic N) is 1. The van der Waals surface area contributed by atoms with E-state index in [1.54, 1.807) is 6.07 Å². The number of amides is 1. The zero-order valence-corrected chi connectivity index (χ0v) is 8.13. The molecule has 1 N–H and O–H groups in total. The van der Waals surface area contributed by atoms with Gasteiger partial charge in [0.25, 0.3) is 0 Å². The molecule has 1 unspecified atom stereocenters. The molecule has 1 aromatic heterocycles. The molecule has 1 saturated heterocycles. The number of morpholine rings is 1. The predicted octanol–water partition coefficient (Wildman–Crippen LogP) is 0.807. The van der Waals surface area contributed by atoms with Gasteiger partial charge in [0.2, 0.25) is 5.91 Å². The first-order valence-electron chi connectivity index (χ1n) is 4.15. The van der Waals surface area contributed by atoms with E-state index in [-0.39, 0.29) is 18.6 Å². The van der Waals surface area contributed by atoms with E-state index in [0.29, 0.717) is 11.5 Å². The van der Waals surface area contributed by atoms with Gasteiger partial charge in [0, 0.05) is 0 Å². The van der Waals surface area contributed by atoms with Crippen molar-refractivity contribution in [3.63, 3.8) is 0 Å². The molecule has 1 aliphatic rings. The molecule has 1 amide bonds. The zero-order chi connectivity index (χ0) is 9.97. The van der Waals surface area contributed by atoms with Gasteiger partial charge in [-0.2, -0.15) is 5.26 Å². The van der Waals surface area contributed by atoms with Crippen LogP contribution in [0.1, 0.15) is 16.5 Å². The number of rotatable bonds is 1. The Morgan fingerprint density at radius 2 is 2.57 bits per heavy atom. The van der Waals surface area contributed by atoms with E-state index in [1.165, 1.54) is 11.3 Å². The Kier molecular flexibility index (Phi) is 2.48. The largest absolute Gasteiger partial charge is 0.369 e. The zero-order valence-electron chi connectivity index (χ0n) is 7.32.